The van der Waals surface area contributed by atoms with Crippen molar-refractivity contribution >= 4 is 11.6 Å². The number of fused-ring (bicyclic) bond motifs is 2. The number of rotatable bonds is 0. The Morgan fingerprint density at radius 1 is 1.36 bits per heavy atom. The zero-order valence-electron chi connectivity index (χ0n) is 7.85. The van der Waals surface area contributed by atoms with Gasteiger partial charge in [0.1, 0.15) is 5.75 Å². The summed E-state index contributed by atoms with van der Waals surface area (Å²) < 4.78 is 5.61. The molecular weight excluding hydrogens is 198 g/mol. The van der Waals surface area contributed by atoms with Crippen molar-refractivity contribution in [3.8, 4) is 5.75 Å². The molecule has 3 heteroatoms. The standard InChI is InChI=1S/C11H12ClNO/c12-8-1-2-10-9(7-8)11(3-5-13-11)4-6-14-10/h1-2,7,13H,3-6H2/t11-/m1/s1. The largest absolute Gasteiger partial charge is 0.493 e. The Balaban J connectivity index is 2.12. The van der Waals surface area contributed by atoms with E-state index in [1.807, 2.05) is 18.2 Å². The number of hydrogen-bond donors (Lipinski definition) is 1. The van der Waals surface area contributed by atoms with Gasteiger partial charge in [0.25, 0.3) is 0 Å². The molecular formula is C11H12ClNO. The lowest BCUT2D eigenvalue weighted by Crippen LogP contribution is -2.56. The molecule has 3 rings (SSSR count). The molecule has 2 aliphatic rings. The summed E-state index contributed by atoms with van der Waals surface area (Å²) in [6.45, 7) is 1.91. The molecule has 1 N–H and O–H groups in total. The third-order valence-corrected chi connectivity index (χ3v) is 3.49. The maximum atomic E-state index is 6.00. The first-order valence-corrected chi connectivity index (χ1v) is 5.36. The summed E-state index contributed by atoms with van der Waals surface area (Å²) in [6.07, 6.45) is 2.25. The molecule has 1 fully saturated rings. The van der Waals surface area contributed by atoms with Gasteiger partial charge in [-0.05, 0) is 31.2 Å². The van der Waals surface area contributed by atoms with Gasteiger partial charge in [-0.25, -0.2) is 0 Å². The molecule has 1 aromatic carbocycles. The molecule has 14 heavy (non-hydrogen) atoms. The van der Waals surface area contributed by atoms with Gasteiger partial charge in [0.05, 0.1) is 12.1 Å². The van der Waals surface area contributed by atoms with Crippen LogP contribution in [0.15, 0.2) is 18.2 Å². The third-order valence-electron chi connectivity index (χ3n) is 3.26. The molecule has 74 valence electrons. The summed E-state index contributed by atoms with van der Waals surface area (Å²) in [7, 11) is 0. The Kier molecular flexibility index (Phi) is 1.76. The van der Waals surface area contributed by atoms with Crippen LogP contribution < -0.4 is 10.1 Å². The fraction of sp³-hybridized carbons (Fsp3) is 0.455. The first-order chi connectivity index (χ1) is 6.80. The second-order valence-corrected chi connectivity index (χ2v) is 4.43. The quantitative estimate of drug-likeness (QED) is 0.708. The highest BCUT2D eigenvalue weighted by Crippen LogP contribution is 2.43. The van der Waals surface area contributed by atoms with Crippen molar-refractivity contribution < 1.29 is 4.74 Å². The molecule has 2 aliphatic heterocycles. The number of ether oxygens (including phenoxy) is 1. The fourth-order valence-electron chi connectivity index (χ4n) is 2.34. The van der Waals surface area contributed by atoms with Crippen LogP contribution in [0.1, 0.15) is 18.4 Å². The van der Waals surface area contributed by atoms with Gasteiger partial charge in [-0.1, -0.05) is 11.6 Å². The van der Waals surface area contributed by atoms with Gasteiger partial charge in [-0.2, -0.15) is 0 Å². The molecule has 0 radical (unpaired) electrons. The third kappa shape index (κ3) is 1.07. The van der Waals surface area contributed by atoms with E-state index in [4.69, 9.17) is 16.3 Å². The Hall–Kier alpha value is -0.730. The minimum atomic E-state index is 0.165. The van der Waals surface area contributed by atoms with Crippen LogP contribution in [0.4, 0.5) is 0 Å². The number of benzene rings is 1. The zero-order chi connectivity index (χ0) is 9.60. The van der Waals surface area contributed by atoms with Crippen molar-refractivity contribution in [3.63, 3.8) is 0 Å². The van der Waals surface area contributed by atoms with Crippen LogP contribution in [0.2, 0.25) is 5.02 Å². The van der Waals surface area contributed by atoms with Crippen molar-refractivity contribution in [1.29, 1.82) is 0 Å². The molecule has 2 heterocycles. The molecule has 0 aliphatic carbocycles. The summed E-state index contributed by atoms with van der Waals surface area (Å²) in [4.78, 5) is 0. The minimum absolute atomic E-state index is 0.165. The van der Waals surface area contributed by atoms with Crippen LogP contribution >= 0.6 is 11.6 Å². The van der Waals surface area contributed by atoms with Crippen molar-refractivity contribution in [3.05, 3.63) is 28.8 Å². The minimum Gasteiger partial charge on any atom is -0.493 e. The van der Waals surface area contributed by atoms with Gasteiger partial charge in [0, 0.05) is 17.0 Å². The summed E-state index contributed by atoms with van der Waals surface area (Å²) in [5.74, 6) is 0.993. The summed E-state index contributed by atoms with van der Waals surface area (Å²) in [5, 5.41) is 4.30. The van der Waals surface area contributed by atoms with Crippen LogP contribution in [0.25, 0.3) is 0 Å². The molecule has 1 saturated heterocycles. The van der Waals surface area contributed by atoms with Crippen LogP contribution in [0.5, 0.6) is 5.75 Å². The van der Waals surface area contributed by atoms with E-state index in [-0.39, 0.29) is 5.54 Å². The normalized spacial score (nSPS) is 29.2. The van der Waals surface area contributed by atoms with Gasteiger partial charge in [0.2, 0.25) is 0 Å². The van der Waals surface area contributed by atoms with Crippen LogP contribution in [0.3, 0.4) is 0 Å². The van der Waals surface area contributed by atoms with E-state index in [2.05, 4.69) is 5.32 Å². The summed E-state index contributed by atoms with van der Waals surface area (Å²) >= 11 is 6.00. The highest BCUT2D eigenvalue weighted by atomic mass is 35.5. The SMILES string of the molecule is Clc1ccc2c(c1)[C@@]1(CCN1)CCO2. The van der Waals surface area contributed by atoms with E-state index in [9.17, 15) is 0 Å². The Morgan fingerprint density at radius 3 is 2.93 bits per heavy atom. The number of hydrogen-bond acceptors (Lipinski definition) is 2. The summed E-state index contributed by atoms with van der Waals surface area (Å²) in [6, 6.07) is 5.89. The van der Waals surface area contributed by atoms with Gasteiger partial charge in [-0.15, -0.1) is 0 Å². The van der Waals surface area contributed by atoms with E-state index in [0.29, 0.717) is 0 Å². The van der Waals surface area contributed by atoms with Crippen molar-refractivity contribution in [2.24, 2.45) is 0 Å². The van der Waals surface area contributed by atoms with E-state index in [1.165, 1.54) is 12.0 Å². The molecule has 0 aromatic heterocycles. The Bertz CT molecular complexity index is 374. The fourth-order valence-corrected chi connectivity index (χ4v) is 2.51. The average Bonchev–Trinajstić information content (AvgIpc) is 2.14. The van der Waals surface area contributed by atoms with Gasteiger partial charge < -0.3 is 10.1 Å². The Morgan fingerprint density at radius 2 is 2.21 bits per heavy atom. The molecule has 2 nitrogen and oxygen atoms in total. The molecule has 1 spiro atoms. The second kappa shape index (κ2) is 2.88. The molecule has 0 bridgehead atoms. The van der Waals surface area contributed by atoms with E-state index in [1.54, 1.807) is 0 Å². The first kappa shape index (κ1) is 8.57. The molecule has 0 amide bonds. The van der Waals surface area contributed by atoms with Crippen LogP contribution in [-0.2, 0) is 5.54 Å². The van der Waals surface area contributed by atoms with Crippen LogP contribution in [-0.4, -0.2) is 13.2 Å². The first-order valence-electron chi connectivity index (χ1n) is 4.98. The zero-order valence-corrected chi connectivity index (χ0v) is 8.60. The highest BCUT2D eigenvalue weighted by Gasteiger charge is 2.42. The predicted octanol–water partition coefficient (Wildman–Crippen LogP) is 2.31. The number of nitrogens with one attached hydrogen (secondary N) is 1. The average molecular weight is 210 g/mol. The van der Waals surface area contributed by atoms with Crippen molar-refractivity contribution in [2.45, 2.75) is 18.4 Å². The summed E-state index contributed by atoms with van der Waals surface area (Å²) in [5.41, 5.74) is 1.40. The lowest BCUT2D eigenvalue weighted by Gasteiger charge is -2.47. The molecule has 0 unspecified atom stereocenters. The number of halogens is 1. The van der Waals surface area contributed by atoms with Gasteiger partial charge >= 0.3 is 0 Å². The lowest BCUT2D eigenvalue weighted by atomic mass is 9.77. The topological polar surface area (TPSA) is 21.3 Å². The van der Waals surface area contributed by atoms with Crippen molar-refractivity contribution in [1.82, 2.24) is 5.32 Å². The van der Waals surface area contributed by atoms with Gasteiger partial charge in [-0.3, -0.25) is 0 Å². The monoisotopic (exact) mass is 209 g/mol. The smallest absolute Gasteiger partial charge is 0.124 e. The molecule has 1 atom stereocenters. The lowest BCUT2D eigenvalue weighted by molar-refractivity contribution is 0.122. The van der Waals surface area contributed by atoms with Crippen LogP contribution in [0, 0.1) is 0 Å². The predicted molar refractivity (Wildman–Crippen MR) is 55.9 cm³/mol. The van der Waals surface area contributed by atoms with Crippen molar-refractivity contribution in [2.75, 3.05) is 13.2 Å². The van der Waals surface area contributed by atoms with E-state index < -0.39 is 0 Å². The maximum Gasteiger partial charge on any atom is 0.124 e. The van der Waals surface area contributed by atoms with E-state index in [0.717, 1.165) is 30.3 Å². The van der Waals surface area contributed by atoms with Gasteiger partial charge in [0.15, 0.2) is 0 Å². The maximum absolute atomic E-state index is 6.00. The molecule has 0 saturated carbocycles. The Labute approximate surface area is 88.2 Å². The van der Waals surface area contributed by atoms with E-state index >= 15 is 0 Å². The highest BCUT2D eigenvalue weighted by molar-refractivity contribution is 6.30. The second-order valence-electron chi connectivity index (χ2n) is 4.00. The molecule has 1 aromatic rings.